The van der Waals surface area contributed by atoms with Crippen molar-refractivity contribution in [3.63, 3.8) is 0 Å². The average Bonchev–Trinajstić information content (AvgIpc) is 3.83. The van der Waals surface area contributed by atoms with Gasteiger partial charge in [-0.15, -0.1) is 11.8 Å². The van der Waals surface area contributed by atoms with Crippen LogP contribution in [-0.4, -0.2) is 95.8 Å². The van der Waals surface area contributed by atoms with Gasteiger partial charge in [-0.05, 0) is 114 Å². The molecule has 14 nitrogen and oxygen atoms in total. The van der Waals surface area contributed by atoms with Crippen LogP contribution in [0, 0.1) is 63.1 Å². The molecule has 1 aromatic heterocycles. The SMILES string of the molecule is CCC(=O)OCCSC(CC)(CC)C(=O)Nc1[nH]c(/C=C2\N=C(NC(=O)C(CC)(CC)OCCOC)C(C(=O)OC3C(C(C)(C)C)CC(C)CC3C(C)(C)C)=C2C(C)C)c(C(C)C)c1C(=O)OC1C(C(C)(C)C)CC(C)CC1C(C)(C)C. The van der Waals surface area contributed by atoms with Crippen LogP contribution in [0.2, 0.25) is 0 Å². The highest BCUT2D eigenvalue weighted by Gasteiger charge is 2.51. The lowest BCUT2D eigenvalue weighted by Gasteiger charge is -2.50. The van der Waals surface area contributed by atoms with E-state index in [0.717, 1.165) is 25.7 Å². The monoisotopic (exact) mass is 1160 g/mol. The first-order chi connectivity index (χ1) is 37.9. The number of hydrogen-bond donors (Lipinski definition) is 3. The molecule has 1 aromatic rings. The molecule has 0 radical (unpaired) electrons. The molecular weight excluding hydrogens is 1050 g/mol. The Balaban J connectivity index is 2.11. The Kier molecular flexibility index (Phi) is 24.5. The third-order valence-corrected chi connectivity index (χ3v) is 20.0. The fourth-order valence-electron chi connectivity index (χ4n) is 13.2. The Morgan fingerprint density at radius 2 is 1.12 bits per heavy atom. The van der Waals surface area contributed by atoms with Crippen molar-refractivity contribution >= 4 is 59.2 Å². The molecule has 0 bridgehead atoms. The maximum atomic E-state index is 15.7. The van der Waals surface area contributed by atoms with Gasteiger partial charge in [0.15, 0.2) is 0 Å². The third-order valence-electron chi connectivity index (χ3n) is 18.3. The number of rotatable bonds is 23. The molecule has 2 fully saturated rings. The number of ether oxygens (including phenoxy) is 5. The summed E-state index contributed by atoms with van der Waals surface area (Å²) in [5.41, 5.74) is 0.427. The molecule has 2 saturated carbocycles. The van der Waals surface area contributed by atoms with Gasteiger partial charge in [-0.1, -0.05) is 159 Å². The number of carbonyl (C=O) groups is 5. The molecule has 4 unspecified atom stereocenters. The fourth-order valence-corrected chi connectivity index (χ4v) is 14.4. The van der Waals surface area contributed by atoms with E-state index in [1.807, 2.05) is 61.5 Å². The fraction of sp³-hybridized carbons (Fsp3) is 0.791. The summed E-state index contributed by atoms with van der Waals surface area (Å²) in [4.78, 5) is 82.2. The molecule has 2 heterocycles. The Bertz CT molecular complexity index is 2420. The van der Waals surface area contributed by atoms with Crippen LogP contribution in [0.5, 0.6) is 0 Å². The lowest BCUT2D eigenvalue weighted by Crippen LogP contribution is -2.52. The number of aromatic nitrogens is 1. The van der Waals surface area contributed by atoms with Crippen molar-refractivity contribution in [1.29, 1.82) is 0 Å². The van der Waals surface area contributed by atoms with Crippen LogP contribution in [0.3, 0.4) is 0 Å². The predicted molar refractivity (Wildman–Crippen MR) is 335 cm³/mol. The van der Waals surface area contributed by atoms with E-state index in [4.69, 9.17) is 28.7 Å². The molecule has 3 aliphatic rings. The molecule has 0 saturated heterocycles. The molecule has 0 aromatic carbocycles. The number of carbonyl (C=O) groups excluding carboxylic acids is 5. The van der Waals surface area contributed by atoms with Gasteiger partial charge in [0.05, 0.1) is 23.7 Å². The van der Waals surface area contributed by atoms with Crippen LogP contribution in [0.15, 0.2) is 21.8 Å². The number of nitrogens with one attached hydrogen (secondary N) is 3. The Morgan fingerprint density at radius 3 is 1.52 bits per heavy atom. The predicted octanol–water partition coefficient (Wildman–Crippen LogP) is 15.3. The second kappa shape index (κ2) is 28.5. The Hall–Kier alpha value is -3.95. The number of H-pyrrole nitrogens is 1. The first-order valence-corrected chi connectivity index (χ1v) is 32.2. The van der Waals surface area contributed by atoms with Gasteiger partial charge >= 0.3 is 17.9 Å². The van der Waals surface area contributed by atoms with Crippen molar-refractivity contribution in [2.45, 2.75) is 246 Å². The summed E-state index contributed by atoms with van der Waals surface area (Å²) >= 11 is 1.43. The van der Waals surface area contributed by atoms with Crippen LogP contribution in [0.4, 0.5) is 5.82 Å². The largest absolute Gasteiger partial charge is 0.465 e. The molecule has 2 aliphatic carbocycles. The summed E-state index contributed by atoms with van der Waals surface area (Å²) in [5, 5.41) is 6.36. The standard InChI is InChI=1S/C67H112N4O10S/c1-25-49(72)78-32-33-82-67(28-4,29-5)61(76)71-57-53(59(74)81-55-45(64(18,19)20)36-42(11)37-46(55)65(21,22)23)51(40(8)9)48(69-57)38-47-50(39(6)7)52(56(68-47)70-60(75)66(26-2,27-3)79-31-30-77-24)58(73)80-54-43(62(12,13)14)34-41(10)35-44(54)63(15,16)17/h38-46,54-55,69H,25-37H2,1-24H3,(H,71,76)(H,68,70,75)/b47-38-. The minimum Gasteiger partial charge on any atom is -0.465 e. The number of nitrogens with zero attached hydrogens (tertiary/aromatic N) is 1. The quantitative estimate of drug-likeness (QED) is 0.0538. The number of allylic oxidation sites excluding steroid dienone is 1. The van der Waals surface area contributed by atoms with E-state index in [9.17, 15) is 9.59 Å². The Labute approximate surface area is 500 Å². The van der Waals surface area contributed by atoms with Gasteiger partial charge in [0, 0.05) is 48.6 Å². The topological polar surface area (TPSA) is 184 Å². The minimum absolute atomic E-state index is 0.0470. The van der Waals surface area contributed by atoms with Crippen LogP contribution >= 0.6 is 11.8 Å². The van der Waals surface area contributed by atoms with E-state index >= 15 is 14.4 Å². The van der Waals surface area contributed by atoms with Crippen LogP contribution in [-0.2, 0) is 42.9 Å². The molecule has 15 heteroatoms. The van der Waals surface area contributed by atoms with E-state index in [-0.39, 0.29) is 118 Å². The second-order valence-corrected chi connectivity index (χ2v) is 30.6. The molecule has 2 amide bonds. The first-order valence-electron chi connectivity index (χ1n) is 31.2. The number of esters is 3. The molecule has 466 valence electrons. The average molecular weight is 1170 g/mol. The smallest absolute Gasteiger partial charge is 0.342 e. The summed E-state index contributed by atoms with van der Waals surface area (Å²) < 4.78 is 30.1. The highest BCUT2D eigenvalue weighted by atomic mass is 32.2. The molecule has 1 aliphatic heterocycles. The molecule has 4 rings (SSSR count). The van der Waals surface area contributed by atoms with E-state index < -0.39 is 40.4 Å². The zero-order valence-corrected chi connectivity index (χ0v) is 56.3. The number of hydrogen-bond acceptors (Lipinski definition) is 12. The van der Waals surface area contributed by atoms with Crippen LogP contribution in [0.25, 0.3) is 6.08 Å². The van der Waals surface area contributed by atoms with Gasteiger partial charge in [-0.2, -0.15) is 0 Å². The number of anilines is 1. The van der Waals surface area contributed by atoms with Crippen molar-refractivity contribution in [1.82, 2.24) is 10.3 Å². The number of methoxy groups -OCH3 is 1. The number of amidine groups is 1. The van der Waals surface area contributed by atoms with Gasteiger partial charge in [0.25, 0.3) is 5.91 Å². The minimum atomic E-state index is -1.26. The zero-order chi connectivity index (χ0) is 62.2. The van der Waals surface area contributed by atoms with Crippen molar-refractivity contribution in [2.24, 2.45) is 68.1 Å². The van der Waals surface area contributed by atoms with Crippen LogP contribution in [0.1, 0.15) is 245 Å². The summed E-state index contributed by atoms with van der Waals surface area (Å²) in [7, 11) is 1.58. The summed E-state index contributed by atoms with van der Waals surface area (Å²) in [6.07, 6.45) is 6.44. The highest BCUT2D eigenvalue weighted by molar-refractivity contribution is 8.01. The van der Waals surface area contributed by atoms with E-state index in [0.29, 0.717) is 65.8 Å². The van der Waals surface area contributed by atoms with Crippen molar-refractivity contribution < 1.29 is 47.7 Å². The zero-order valence-electron chi connectivity index (χ0n) is 55.5. The van der Waals surface area contributed by atoms with Gasteiger partial charge in [-0.25, -0.2) is 14.6 Å². The maximum absolute atomic E-state index is 15.7. The van der Waals surface area contributed by atoms with Crippen molar-refractivity contribution in [3.8, 4) is 0 Å². The number of aliphatic imine (C=N–C) groups is 1. The van der Waals surface area contributed by atoms with E-state index in [1.54, 1.807) is 14.0 Å². The molecule has 82 heavy (non-hydrogen) atoms. The van der Waals surface area contributed by atoms with Gasteiger partial charge in [-0.3, -0.25) is 14.4 Å². The van der Waals surface area contributed by atoms with Gasteiger partial charge in [0.1, 0.15) is 47.2 Å². The molecule has 3 N–H and O–H groups in total. The van der Waals surface area contributed by atoms with Crippen molar-refractivity contribution in [2.75, 3.05) is 38.0 Å². The van der Waals surface area contributed by atoms with Crippen molar-refractivity contribution in [3.05, 3.63) is 33.7 Å². The summed E-state index contributed by atoms with van der Waals surface area (Å²) in [6, 6.07) is 0. The van der Waals surface area contributed by atoms with E-state index in [1.165, 1.54) is 11.8 Å². The third kappa shape index (κ3) is 16.7. The normalized spacial score (nSPS) is 23.8. The Morgan fingerprint density at radius 1 is 0.646 bits per heavy atom. The number of amides is 2. The number of thioether (sulfide) groups is 1. The lowest BCUT2D eigenvalue weighted by atomic mass is 9.59. The summed E-state index contributed by atoms with van der Waals surface area (Å²) in [6.45, 7) is 49.4. The van der Waals surface area contributed by atoms with Crippen LogP contribution < -0.4 is 10.6 Å². The first kappa shape index (κ1) is 70.5. The molecular formula is C67H112N4O10S. The maximum Gasteiger partial charge on any atom is 0.342 e. The van der Waals surface area contributed by atoms with E-state index in [2.05, 4.69) is 113 Å². The molecule has 4 atom stereocenters. The molecule has 0 spiro atoms. The highest BCUT2D eigenvalue weighted by Crippen LogP contribution is 2.52. The van der Waals surface area contributed by atoms with Gasteiger partial charge in [0.2, 0.25) is 5.91 Å². The second-order valence-electron chi connectivity index (χ2n) is 29.1. The number of aromatic amines is 1. The van der Waals surface area contributed by atoms with Gasteiger partial charge < -0.3 is 39.3 Å². The lowest BCUT2D eigenvalue weighted by molar-refractivity contribution is -0.164. The summed E-state index contributed by atoms with van der Waals surface area (Å²) in [5.74, 6) is -1.09.